The van der Waals surface area contributed by atoms with E-state index in [1.807, 2.05) is 30.3 Å². The maximum atomic E-state index is 11.9. The van der Waals surface area contributed by atoms with Crippen LogP contribution in [0.5, 0.6) is 0 Å². The Bertz CT molecular complexity index is 680. The minimum atomic E-state index is -0.481. The molecule has 0 saturated carbocycles. The average Bonchev–Trinajstić information content (AvgIpc) is 2.76. The fraction of sp³-hybridized carbons (Fsp3) is 0.125. The SMILES string of the molecule is NC(=O)c1ccc2c(c1)C(Cc1ccccc1)NC2=O. The standard InChI is InChI=1S/C16H14N2O2/c17-15(19)11-6-7-12-13(9-11)14(18-16(12)20)8-10-4-2-1-3-5-10/h1-7,9,14H,8H2,(H2,17,19)(H,18,20). The highest BCUT2D eigenvalue weighted by Gasteiger charge is 2.29. The van der Waals surface area contributed by atoms with Crippen molar-refractivity contribution in [1.82, 2.24) is 5.32 Å². The summed E-state index contributed by atoms with van der Waals surface area (Å²) in [6.45, 7) is 0. The molecule has 1 heterocycles. The quantitative estimate of drug-likeness (QED) is 0.889. The van der Waals surface area contributed by atoms with Crippen molar-refractivity contribution in [3.05, 3.63) is 70.8 Å². The van der Waals surface area contributed by atoms with Gasteiger partial charge in [0.2, 0.25) is 5.91 Å². The van der Waals surface area contributed by atoms with Crippen LogP contribution < -0.4 is 11.1 Å². The van der Waals surface area contributed by atoms with Crippen molar-refractivity contribution in [2.24, 2.45) is 5.73 Å². The molecule has 4 nitrogen and oxygen atoms in total. The summed E-state index contributed by atoms with van der Waals surface area (Å²) in [6, 6.07) is 14.8. The van der Waals surface area contributed by atoms with Crippen molar-refractivity contribution < 1.29 is 9.59 Å². The predicted octanol–water partition coefficient (Wildman–Crippen LogP) is 1.81. The van der Waals surface area contributed by atoms with Gasteiger partial charge in [0.15, 0.2) is 0 Å². The monoisotopic (exact) mass is 266 g/mol. The lowest BCUT2D eigenvalue weighted by Gasteiger charge is -2.12. The molecule has 0 bridgehead atoms. The van der Waals surface area contributed by atoms with Gasteiger partial charge in [-0.1, -0.05) is 30.3 Å². The second-order valence-electron chi connectivity index (χ2n) is 4.88. The summed E-state index contributed by atoms with van der Waals surface area (Å²) in [5.41, 5.74) is 8.32. The summed E-state index contributed by atoms with van der Waals surface area (Å²) in [5.74, 6) is -0.581. The highest BCUT2D eigenvalue weighted by molar-refractivity contribution is 6.01. The van der Waals surface area contributed by atoms with Gasteiger partial charge in [-0.25, -0.2) is 0 Å². The Labute approximate surface area is 116 Å². The molecule has 4 heteroatoms. The van der Waals surface area contributed by atoms with E-state index in [2.05, 4.69) is 5.32 Å². The molecule has 3 rings (SSSR count). The molecule has 0 radical (unpaired) electrons. The number of primary amides is 1. The lowest BCUT2D eigenvalue weighted by Crippen LogP contribution is -2.20. The van der Waals surface area contributed by atoms with Crippen LogP contribution in [0.1, 0.15) is 37.9 Å². The summed E-state index contributed by atoms with van der Waals surface area (Å²) in [7, 11) is 0. The third-order valence-corrected chi connectivity index (χ3v) is 3.54. The fourth-order valence-electron chi connectivity index (χ4n) is 2.54. The summed E-state index contributed by atoms with van der Waals surface area (Å²) < 4.78 is 0. The molecule has 100 valence electrons. The Kier molecular flexibility index (Phi) is 2.99. The van der Waals surface area contributed by atoms with E-state index in [0.29, 0.717) is 17.5 Å². The van der Waals surface area contributed by atoms with Gasteiger partial charge in [0.1, 0.15) is 0 Å². The Hall–Kier alpha value is -2.62. The van der Waals surface area contributed by atoms with Gasteiger partial charge in [-0.2, -0.15) is 0 Å². The number of rotatable bonds is 3. The third-order valence-electron chi connectivity index (χ3n) is 3.54. The number of hydrogen-bond acceptors (Lipinski definition) is 2. The molecular weight excluding hydrogens is 252 g/mol. The number of hydrogen-bond donors (Lipinski definition) is 2. The minimum absolute atomic E-state index is 0.100. The average molecular weight is 266 g/mol. The first-order valence-electron chi connectivity index (χ1n) is 6.43. The van der Waals surface area contributed by atoms with Gasteiger partial charge in [-0.05, 0) is 35.7 Å². The summed E-state index contributed by atoms with van der Waals surface area (Å²) in [6.07, 6.45) is 0.696. The Morgan fingerprint density at radius 3 is 2.60 bits per heavy atom. The van der Waals surface area contributed by atoms with Gasteiger partial charge >= 0.3 is 0 Å². The lowest BCUT2D eigenvalue weighted by atomic mass is 9.96. The Morgan fingerprint density at radius 1 is 1.15 bits per heavy atom. The van der Waals surface area contributed by atoms with Crippen LogP contribution >= 0.6 is 0 Å². The van der Waals surface area contributed by atoms with E-state index in [9.17, 15) is 9.59 Å². The summed E-state index contributed by atoms with van der Waals surface area (Å²) >= 11 is 0. The maximum Gasteiger partial charge on any atom is 0.252 e. The van der Waals surface area contributed by atoms with Crippen molar-refractivity contribution >= 4 is 11.8 Å². The largest absolute Gasteiger partial charge is 0.366 e. The molecule has 0 aliphatic carbocycles. The fourth-order valence-corrected chi connectivity index (χ4v) is 2.54. The van der Waals surface area contributed by atoms with Gasteiger partial charge in [-0.3, -0.25) is 9.59 Å². The van der Waals surface area contributed by atoms with E-state index >= 15 is 0 Å². The van der Waals surface area contributed by atoms with E-state index in [0.717, 1.165) is 11.1 Å². The van der Waals surface area contributed by atoms with Crippen LogP contribution in [-0.4, -0.2) is 11.8 Å². The zero-order valence-electron chi connectivity index (χ0n) is 10.8. The number of amides is 2. The van der Waals surface area contributed by atoms with E-state index < -0.39 is 5.91 Å². The Morgan fingerprint density at radius 2 is 1.90 bits per heavy atom. The molecule has 2 amide bonds. The van der Waals surface area contributed by atoms with Gasteiger partial charge < -0.3 is 11.1 Å². The molecule has 1 aliphatic heterocycles. The number of carbonyl (C=O) groups is 2. The Balaban J connectivity index is 1.95. The second-order valence-corrected chi connectivity index (χ2v) is 4.88. The first kappa shape index (κ1) is 12.4. The smallest absolute Gasteiger partial charge is 0.252 e. The lowest BCUT2D eigenvalue weighted by molar-refractivity contribution is 0.0954. The van der Waals surface area contributed by atoms with Gasteiger partial charge in [0.25, 0.3) is 5.91 Å². The molecule has 0 aromatic heterocycles. The zero-order valence-corrected chi connectivity index (χ0v) is 10.8. The second kappa shape index (κ2) is 4.81. The van der Waals surface area contributed by atoms with E-state index in [1.54, 1.807) is 18.2 Å². The molecule has 20 heavy (non-hydrogen) atoms. The predicted molar refractivity (Wildman–Crippen MR) is 75.3 cm³/mol. The summed E-state index contributed by atoms with van der Waals surface area (Å²) in [5, 5.41) is 2.94. The molecular formula is C16H14N2O2. The van der Waals surface area contributed by atoms with Crippen LogP contribution in [0.15, 0.2) is 48.5 Å². The number of nitrogens with one attached hydrogen (secondary N) is 1. The highest BCUT2D eigenvalue weighted by atomic mass is 16.2. The highest BCUT2D eigenvalue weighted by Crippen LogP contribution is 2.29. The molecule has 1 aliphatic rings. The summed E-state index contributed by atoms with van der Waals surface area (Å²) in [4.78, 5) is 23.2. The van der Waals surface area contributed by atoms with Crippen LogP contribution in [0.2, 0.25) is 0 Å². The van der Waals surface area contributed by atoms with E-state index in [-0.39, 0.29) is 11.9 Å². The molecule has 0 fully saturated rings. The van der Waals surface area contributed by atoms with Gasteiger partial charge in [-0.15, -0.1) is 0 Å². The molecule has 2 aromatic carbocycles. The van der Waals surface area contributed by atoms with Crippen LogP contribution in [0.3, 0.4) is 0 Å². The van der Waals surface area contributed by atoms with Crippen molar-refractivity contribution in [1.29, 1.82) is 0 Å². The molecule has 1 atom stereocenters. The van der Waals surface area contributed by atoms with E-state index in [1.165, 1.54) is 0 Å². The van der Waals surface area contributed by atoms with Crippen LogP contribution in [0.4, 0.5) is 0 Å². The number of carbonyl (C=O) groups excluding carboxylic acids is 2. The normalized spacial score (nSPS) is 16.6. The van der Waals surface area contributed by atoms with Crippen molar-refractivity contribution in [3.63, 3.8) is 0 Å². The number of fused-ring (bicyclic) bond motifs is 1. The van der Waals surface area contributed by atoms with Crippen LogP contribution in [0, 0.1) is 0 Å². The van der Waals surface area contributed by atoms with Crippen LogP contribution in [0.25, 0.3) is 0 Å². The topological polar surface area (TPSA) is 72.2 Å². The molecule has 3 N–H and O–H groups in total. The number of benzene rings is 2. The van der Waals surface area contributed by atoms with Gasteiger partial charge in [0, 0.05) is 11.1 Å². The van der Waals surface area contributed by atoms with Crippen LogP contribution in [-0.2, 0) is 6.42 Å². The van der Waals surface area contributed by atoms with Crippen molar-refractivity contribution in [2.75, 3.05) is 0 Å². The molecule has 0 spiro atoms. The minimum Gasteiger partial charge on any atom is -0.366 e. The first-order valence-corrected chi connectivity index (χ1v) is 6.43. The van der Waals surface area contributed by atoms with Gasteiger partial charge in [0.05, 0.1) is 6.04 Å². The number of nitrogens with two attached hydrogens (primary N) is 1. The molecule has 2 aromatic rings. The molecule has 1 unspecified atom stereocenters. The van der Waals surface area contributed by atoms with E-state index in [4.69, 9.17) is 5.73 Å². The molecule has 0 saturated heterocycles. The first-order chi connectivity index (χ1) is 9.65. The maximum absolute atomic E-state index is 11.9. The third kappa shape index (κ3) is 2.16. The zero-order chi connectivity index (χ0) is 14.1. The van der Waals surface area contributed by atoms with Crippen molar-refractivity contribution in [2.45, 2.75) is 12.5 Å². The van der Waals surface area contributed by atoms with Crippen molar-refractivity contribution in [3.8, 4) is 0 Å².